The van der Waals surface area contributed by atoms with Crippen molar-refractivity contribution >= 4 is 39.1 Å². The molecule has 0 saturated carbocycles. The van der Waals surface area contributed by atoms with E-state index in [0.29, 0.717) is 30.3 Å². The molecular weight excluding hydrogens is 550 g/mol. The maximum atomic E-state index is 14.1. The van der Waals surface area contributed by atoms with Crippen LogP contribution >= 0.6 is 11.6 Å². The molecule has 3 aromatic carbocycles. The summed E-state index contributed by atoms with van der Waals surface area (Å²) in [5.74, 6) is -0.487. The molecule has 0 unspecified atom stereocenters. The summed E-state index contributed by atoms with van der Waals surface area (Å²) in [7, 11) is -4.23. The summed E-state index contributed by atoms with van der Waals surface area (Å²) in [5.41, 5.74) is 1.04. The summed E-state index contributed by atoms with van der Waals surface area (Å²) >= 11 is 6.02. The molecule has 8 nitrogen and oxygen atoms in total. The molecule has 214 valence electrons. The molecule has 10 heteroatoms. The van der Waals surface area contributed by atoms with Crippen molar-refractivity contribution in [1.82, 2.24) is 10.2 Å². The molecule has 0 aliphatic carbocycles. The molecule has 0 heterocycles. The van der Waals surface area contributed by atoms with Gasteiger partial charge in [0, 0.05) is 18.1 Å². The van der Waals surface area contributed by atoms with Gasteiger partial charge in [0.1, 0.15) is 18.3 Å². The smallest absolute Gasteiger partial charge is 0.264 e. The Bertz CT molecular complexity index is 1370. The summed E-state index contributed by atoms with van der Waals surface area (Å²) in [5, 5.41) is 3.26. The number of rotatable bonds is 14. The third-order valence-corrected chi connectivity index (χ3v) is 8.27. The highest BCUT2D eigenvalue weighted by atomic mass is 35.5. The first-order valence-corrected chi connectivity index (χ1v) is 15.2. The van der Waals surface area contributed by atoms with E-state index in [-0.39, 0.29) is 23.0 Å². The number of carbonyl (C=O) groups excluding carboxylic acids is 2. The quantitative estimate of drug-likeness (QED) is 0.278. The molecule has 3 rings (SSSR count). The van der Waals surface area contributed by atoms with Gasteiger partial charge in [0.05, 0.1) is 17.2 Å². The van der Waals surface area contributed by atoms with Crippen LogP contribution in [0.15, 0.2) is 83.8 Å². The van der Waals surface area contributed by atoms with E-state index in [2.05, 4.69) is 5.32 Å². The average Bonchev–Trinajstić information content (AvgIpc) is 2.96. The molecule has 0 aliphatic heterocycles. The Balaban J connectivity index is 2.09. The van der Waals surface area contributed by atoms with Gasteiger partial charge < -0.3 is 15.0 Å². The van der Waals surface area contributed by atoms with E-state index >= 15 is 0 Å². The number of nitrogens with zero attached hydrogens (tertiary/aromatic N) is 2. The van der Waals surface area contributed by atoms with Gasteiger partial charge in [0.2, 0.25) is 11.8 Å². The average molecular weight is 586 g/mol. The van der Waals surface area contributed by atoms with Gasteiger partial charge >= 0.3 is 0 Å². The number of amides is 2. The highest BCUT2D eigenvalue weighted by Gasteiger charge is 2.34. The van der Waals surface area contributed by atoms with Crippen molar-refractivity contribution in [2.45, 2.75) is 51.1 Å². The van der Waals surface area contributed by atoms with Crippen LogP contribution in [0.4, 0.5) is 5.69 Å². The minimum Gasteiger partial charge on any atom is -0.492 e. The molecule has 40 heavy (non-hydrogen) atoms. The van der Waals surface area contributed by atoms with Gasteiger partial charge in [-0.15, -0.1) is 0 Å². The summed E-state index contributed by atoms with van der Waals surface area (Å²) in [6.45, 7) is 5.94. The fraction of sp³-hybridized carbons (Fsp3) is 0.333. The van der Waals surface area contributed by atoms with Crippen LogP contribution in [-0.4, -0.2) is 50.9 Å². The van der Waals surface area contributed by atoms with Crippen LogP contribution in [0.2, 0.25) is 5.02 Å². The number of hydrogen-bond acceptors (Lipinski definition) is 5. The number of halogens is 1. The second-order valence-corrected chi connectivity index (χ2v) is 11.4. The van der Waals surface area contributed by atoms with Crippen LogP contribution in [0.5, 0.6) is 5.75 Å². The Hall–Kier alpha value is -3.56. The summed E-state index contributed by atoms with van der Waals surface area (Å²) < 4.78 is 34.8. The van der Waals surface area contributed by atoms with Gasteiger partial charge in [-0.05, 0) is 61.7 Å². The number of ether oxygens (including phenoxy) is 1. The molecule has 0 spiro atoms. The monoisotopic (exact) mass is 585 g/mol. The summed E-state index contributed by atoms with van der Waals surface area (Å²) in [6.07, 6.45) is 1.10. The Morgan fingerprint density at radius 3 is 2.20 bits per heavy atom. The molecule has 0 aliphatic rings. The van der Waals surface area contributed by atoms with Gasteiger partial charge in [0.15, 0.2) is 0 Å². The lowest BCUT2D eigenvalue weighted by Crippen LogP contribution is -2.52. The highest BCUT2D eigenvalue weighted by molar-refractivity contribution is 7.92. The van der Waals surface area contributed by atoms with E-state index in [9.17, 15) is 18.0 Å². The number of benzene rings is 3. The Morgan fingerprint density at radius 1 is 0.925 bits per heavy atom. The van der Waals surface area contributed by atoms with Gasteiger partial charge in [-0.25, -0.2) is 8.42 Å². The largest absolute Gasteiger partial charge is 0.492 e. The van der Waals surface area contributed by atoms with Crippen molar-refractivity contribution in [2.24, 2.45) is 0 Å². The molecule has 2 amide bonds. The molecule has 0 aromatic heterocycles. The van der Waals surface area contributed by atoms with Crippen LogP contribution in [0.1, 0.15) is 39.2 Å². The number of hydrogen-bond donors (Lipinski definition) is 1. The number of anilines is 1. The second-order valence-electron chi connectivity index (χ2n) is 9.09. The molecule has 0 saturated heterocycles. The van der Waals surface area contributed by atoms with Crippen molar-refractivity contribution in [3.63, 3.8) is 0 Å². The summed E-state index contributed by atoms with van der Waals surface area (Å²) in [4.78, 5) is 28.7. The van der Waals surface area contributed by atoms with Crippen molar-refractivity contribution in [2.75, 3.05) is 24.0 Å². The van der Waals surface area contributed by atoms with E-state index in [1.54, 1.807) is 31.2 Å². The molecular formula is C30H36ClN3O5S. The van der Waals surface area contributed by atoms with Crippen molar-refractivity contribution < 1.29 is 22.7 Å². The number of para-hydroxylation sites is 2. The predicted octanol–water partition coefficient (Wildman–Crippen LogP) is 5.27. The zero-order valence-electron chi connectivity index (χ0n) is 23.0. The van der Waals surface area contributed by atoms with E-state index in [4.69, 9.17) is 16.3 Å². The second kappa shape index (κ2) is 14.7. The fourth-order valence-electron chi connectivity index (χ4n) is 4.25. The van der Waals surface area contributed by atoms with Gasteiger partial charge in [-0.1, -0.05) is 67.9 Å². The Labute approximate surface area is 241 Å². The SMILES string of the molecule is CCCNC(=O)[C@@H](CC)N(Cc1ccccc1)C(=O)CN(c1ccccc1OCC)S(=O)(=O)c1ccc(Cl)cc1. The topological polar surface area (TPSA) is 96.0 Å². The van der Waals surface area contributed by atoms with Crippen molar-refractivity contribution in [1.29, 1.82) is 0 Å². The first kappa shape index (κ1) is 31.0. The van der Waals surface area contributed by atoms with Crippen LogP contribution in [-0.2, 0) is 26.2 Å². The van der Waals surface area contributed by atoms with Crippen LogP contribution in [0.3, 0.4) is 0 Å². The van der Waals surface area contributed by atoms with Crippen molar-refractivity contribution in [3.05, 3.63) is 89.4 Å². The number of carbonyl (C=O) groups is 2. The van der Waals surface area contributed by atoms with E-state index in [0.717, 1.165) is 16.3 Å². The highest BCUT2D eigenvalue weighted by Crippen LogP contribution is 2.33. The van der Waals surface area contributed by atoms with Gasteiger partial charge in [-0.2, -0.15) is 0 Å². The maximum Gasteiger partial charge on any atom is 0.264 e. The number of nitrogens with one attached hydrogen (secondary N) is 1. The van der Waals surface area contributed by atoms with Gasteiger partial charge in [-0.3, -0.25) is 13.9 Å². The number of sulfonamides is 1. The molecule has 0 bridgehead atoms. The first-order valence-electron chi connectivity index (χ1n) is 13.3. The Kier molecular flexibility index (Phi) is 11.4. The lowest BCUT2D eigenvalue weighted by atomic mass is 10.1. The van der Waals surface area contributed by atoms with Crippen LogP contribution in [0.25, 0.3) is 0 Å². The molecule has 3 aromatic rings. The zero-order valence-corrected chi connectivity index (χ0v) is 24.6. The zero-order chi connectivity index (χ0) is 29.1. The molecule has 1 atom stereocenters. The lowest BCUT2D eigenvalue weighted by molar-refractivity contribution is -0.140. The molecule has 0 radical (unpaired) electrons. The van der Waals surface area contributed by atoms with E-state index < -0.39 is 28.5 Å². The lowest BCUT2D eigenvalue weighted by Gasteiger charge is -2.33. The standard InChI is InChI=1S/C30H36ClN3O5S/c1-4-20-32-30(36)26(5-2)33(21-23-12-8-7-9-13-23)29(35)22-34(27-14-10-11-15-28(27)39-6-3)40(37,38)25-18-16-24(31)17-19-25/h7-19,26H,4-6,20-22H2,1-3H3,(H,32,36)/t26-/m1/s1. The van der Waals surface area contributed by atoms with Gasteiger partial charge in [0.25, 0.3) is 10.0 Å². The van der Waals surface area contributed by atoms with Crippen LogP contribution < -0.4 is 14.4 Å². The van der Waals surface area contributed by atoms with E-state index in [1.807, 2.05) is 44.2 Å². The van der Waals surface area contributed by atoms with E-state index in [1.165, 1.54) is 29.2 Å². The minimum absolute atomic E-state index is 0.0293. The third kappa shape index (κ3) is 7.76. The normalized spacial score (nSPS) is 11.9. The summed E-state index contributed by atoms with van der Waals surface area (Å²) in [6, 6.07) is 20.9. The third-order valence-electron chi connectivity index (χ3n) is 6.25. The van der Waals surface area contributed by atoms with Crippen LogP contribution in [0, 0.1) is 0 Å². The Morgan fingerprint density at radius 2 is 1.57 bits per heavy atom. The molecule has 0 fully saturated rings. The van der Waals surface area contributed by atoms with Crippen molar-refractivity contribution in [3.8, 4) is 5.75 Å². The molecule has 1 N–H and O–H groups in total. The fourth-order valence-corrected chi connectivity index (χ4v) is 5.80. The predicted molar refractivity (Wildman–Crippen MR) is 158 cm³/mol. The first-order chi connectivity index (χ1) is 19.2. The minimum atomic E-state index is -4.23. The maximum absolute atomic E-state index is 14.1.